The fourth-order valence-corrected chi connectivity index (χ4v) is 6.28. The van der Waals surface area contributed by atoms with Gasteiger partial charge in [-0.25, -0.2) is 9.78 Å². The summed E-state index contributed by atoms with van der Waals surface area (Å²) < 4.78 is -0.701. The molecule has 0 bridgehead atoms. The number of fused-ring (bicyclic) bond motifs is 1. The number of carboxylic acids is 1. The molecule has 2 amide bonds. The SMILES string of the molecule is CC1(C)S[C@@H]2[C@@H](NC(=O)C(=NOC3CCC(=O)CC3)c3csc(N)n3)C(=O)N2[C@H]1C(=O)O. The number of carboxylic acid groups (broad SMARTS) is 1. The van der Waals surface area contributed by atoms with Crippen molar-refractivity contribution in [3.05, 3.63) is 11.1 Å². The Morgan fingerprint density at radius 3 is 2.62 bits per heavy atom. The Balaban J connectivity index is 1.50. The van der Waals surface area contributed by atoms with Crippen molar-refractivity contribution >= 4 is 57.5 Å². The number of carbonyl (C=O) groups excluding carboxylic acids is 3. The van der Waals surface area contributed by atoms with Gasteiger partial charge in [0.05, 0.1) is 0 Å². The second-order valence-corrected chi connectivity index (χ2v) is 11.1. The molecule has 2 saturated heterocycles. The van der Waals surface area contributed by atoms with E-state index in [1.165, 1.54) is 16.7 Å². The number of rotatable bonds is 6. The molecule has 1 aliphatic carbocycles. The molecule has 3 heterocycles. The van der Waals surface area contributed by atoms with E-state index in [4.69, 9.17) is 10.6 Å². The number of amides is 2. The van der Waals surface area contributed by atoms with Gasteiger partial charge in [-0.2, -0.15) is 0 Å². The first-order valence-electron chi connectivity index (χ1n) is 10.1. The minimum Gasteiger partial charge on any atom is -0.480 e. The maximum absolute atomic E-state index is 13.0. The maximum Gasteiger partial charge on any atom is 0.327 e. The summed E-state index contributed by atoms with van der Waals surface area (Å²) in [6, 6.07) is -1.86. The quantitative estimate of drug-likeness (QED) is 0.299. The second kappa shape index (κ2) is 8.35. The number of thiazole rings is 1. The van der Waals surface area contributed by atoms with Crippen LogP contribution in [0.25, 0.3) is 0 Å². The summed E-state index contributed by atoms with van der Waals surface area (Å²) in [6.07, 6.45) is 1.53. The Hall–Kier alpha value is -2.67. The molecule has 3 fully saturated rings. The van der Waals surface area contributed by atoms with E-state index < -0.39 is 40.0 Å². The zero-order valence-corrected chi connectivity index (χ0v) is 19.1. The van der Waals surface area contributed by atoms with Crippen molar-refractivity contribution in [3.63, 3.8) is 0 Å². The van der Waals surface area contributed by atoms with Crippen LogP contribution >= 0.6 is 23.1 Å². The molecule has 0 unspecified atom stereocenters. The molecule has 1 aromatic heterocycles. The fourth-order valence-electron chi connectivity index (χ4n) is 4.10. The number of aliphatic carboxylic acids is 1. The molecule has 13 heteroatoms. The van der Waals surface area contributed by atoms with Crippen LogP contribution in [0.15, 0.2) is 10.5 Å². The van der Waals surface area contributed by atoms with Gasteiger partial charge in [-0.1, -0.05) is 5.16 Å². The highest BCUT2D eigenvalue weighted by Gasteiger charge is 2.64. The number of carbonyl (C=O) groups is 4. The summed E-state index contributed by atoms with van der Waals surface area (Å²) in [5.41, 5.74) is 5.78. The number of oxime groups is 1. The Morgan fingerprint density at radius 2 is 2.03 bits per heavy atom. The third-order valence-corrected chi connectivity index (χ3v) is 7.97. The van der Waals surface area contributed by atoms with Gasteiger partial charge in [-0.3, -0.25) is 14.4 Å². The maximum atomic E-state index is 13.0. The molecule has 1 saturated carbocycles. The summed E-state index contributed by atoms with van der Waals surface area (Å²) in [4.78, 5) is 59.7. The number of nitrogens with one attached hydrogen (secondary N) is 1. The minimum atomic E-state index is -1.08. The molecular formula is C19H23N5O6S2. The van der Waals surface area contributed by atoms with E-state index in [0.29, 0.717) is 25.7 Å². The Kier molecular flexibility index (Phi) is 5.88. The predicted molar refractivity (Wildman–Crippen MR) is 117 cm³/mol. The standard InChI is InChI=1S/C19H23N5O6S2/c1-19(2)13(17(28)29)24-15(27)12(16(24)32-19)22-14(26)11(10-7-31-18(20)21-10)23-30-9-5-3-8(25)4-6-9/h7,9,12-13,16H,3-6H2,1-2H3,(H2,20,21)(H,22,26)(H,28,29)/t12-,13-,16+/m0/s1. The lowest BCUT2D eigenvalue weighted by molar-refractivity contribution is -0.160. The molecule has 0 aromatic carbocycles. The minimum absolute atomic E-state index is 0.127. The normalized spacial score (nSPS) is 27.6. The van der Waals surface area contributed by atoms with E-state index in [-0.39, 0.29) is 28.4 Å². The molecule has 2 aliphatic heterocycles. The van der Waals surface area contributed by atoms with E-state index in [2.05, 4.69) is 15.5 Å². The van der Waals surface area contributed by atoms with Gasteiger partial charge in [0.25, 0.3) is 5.91 Å². The highest BCUT2D eigenvalue weighted by molar-refractivity contribution is 8.01. The molecule has 4 rings (SSSR count). The number of nitrogens with two attached hydrogens (primary N) is 1. The number of β-lactam (4-membered cyclic amide) rings is 1. The van der Waals surface area contributed by atoms with Crippen molar-refractivity contribution in [2.24, 2.45) is 5.16 Å². The van der Waals surface area contributed by atoms with Crippen LogP contribution in [0.3, 0.4) is 0 Å². The lowest BCUT2D eigenvalue weighted by atomic mass is 9.96. The van der Waals surface area contributed by atoms with Crippen LogP contribution in [0.5, 0.6) is 0 Å². The largest absolute Gasteiger partial charge is 0.480 e. The molecule has 32 heavy (non-hydrogen) atoms. The summed E-state index contributed by atoms with van der Waals surface area (Å²) in [7, 11) is 0. The van der Waals surface area contributed by atoms with Crippen LogP contribution in [0.1, 0.15) is 45.2 Å². The van der Waals surface area contributed by atoms with Crippen molar-refractivity contribution in [3.8, 4) is 0 Å². The molecule has 3 aliphatic rings. The van der Waals surface area contributed by atoms with Gasteiger partial charge in [-0.05, 0) is 26.7 Å². The van der Waals surface area contributed by atoms with Crippen LogP contribution in [0.4, 0.5) is 5.13 Å². The second-order valence-electron chi connectivity index (χ2n) is 8.40. The number of hydrogen-bond acceptors (Lipinski definition) is 10. The predicted octanol–water partition coefficient (Wildman–Crippen LogP) is 0.589. The van der Waals surface area contributed by atoms with Gasteiger partial charge in [0.2, 0.25) is 5.91 Å². The van der Waals surface area contributed by atoms with Crippen LogP contribution in [-0.4, -0.2) is 72.6 Å². The van der Waals surface area contributed by atoms with Crippen molar-refractivity contribution < 1.29 is 29.1 Å². The number of hydrogen-bond donors (Lipinski definition) is 3. The first kappa shape index (κ1) is 22.5. The monoisotopic (exact) mass is 481 g/mol. The topological polar surface area (TPSA) is 164 Å². The number of nitrogens with zero attached hydrogens (tertiary/aromatic N) is 3. The molecule has 3 atom stereocenters. The first-order valence-corrected chi connectivity index (χ1v) is 11.8. The first-order chi connectivity index (χ1) is 15.1. The molecule has 0 radical (unpaired) electrons. The van der Waals surface area contributed by atoms with E-state index in [1.807, 2.05) is 0 Å². The van der Waals surface area contributed by atoms with Gasteiger partial charge in [-0.15, -0.1) is 23.1 Å². The lowest BCUT2D eigenvalue weighted by Crippen LogP contribution is -2.71. The summed E-state index contributed by atoms with van der Waals surface area (Å²) in [5.74, 6) is -2.04. The smallest absolute Gasteiger partial charge is 0.327 e. The third-order valence-electron chi connectivity index (χ3n) is 5.72. The Bertz CT molecular complexity index is 998. The van der Waals surface area contributed by atoms with Gasteiger partial charge < -0.3 is 25.9 Å². The van der Waals surface area contributed by atoms with Crippen molar-refractivity contribution in [2.45, 2.75) is 67.8 Å². The molecular weight excluding hydrogens is 458 g/mol. The number of Topliss-reactive ketones (excluding diaryl/α,β-unsaturated/α-hetero) is 1. The molecule has 1 aromatic rings. The number of nitrogen functional groups attached to an aromatic ring is 1. The fraction of sp³-hybridized carbons (Fsp3) is 0.579. The van der Waals surface area contributed by atoms with Gasteiger partial charge in [0.15, 0.2) is 10.8 Å². The van der Waals surface area contributed by atoms with Crippen LogP contribution in [0, 0.1) is 0 Å². The van der Waals surface area contributed by atoms with Gasteiger partial charge >= 0.3 is 5.97 Å². The highest BCUT2D eigenvalue weighted by atomic mass is 32.2. The molecule has 0 spiro atoms. The lowest BCUT2D eigenvalue weighted by Gasteiger charge is -2.43. The van der Waals surface area contributed by atoms with E-state index in [0.717, 1.165) is 11.3 Å². The van der Waals surface area contributed by atoms with E-state index in [9.17, 15) is 24.3 Å². The average Bonchev–Trinajstić information content (AvgIpc) is 3.26. The van der Waals surface area contributed by atoms with Crippen LogP contribution < -0.4 is 11.1 Å². The molecule has 172 valence electrons. The van der Waals surface area contributed by atoms with Crippen molar-refractivity contribution in [1.82, 2.24) is 15.2 Å². The Morgan fingerprint density at radius 1 is 1.34 bits per heavy atom. The van der Waals surface area contributed by atoms with E-state index in [1.54, 1.807) is 19.2 Å². The number of ketones is 1. The Labute approximate surface area is 191 Å². The zero-order chi connectivity index (χ0) is 23.2. The number of thioether (sulfide) groups is 1. The molecule has 4 N–H and O–H groups in total. The van der Waals surface area contributed by atoms with Crippen LogP contribution in [0.2, 0.25) is 0 Å². The zero-order valence-electron chi connectivity index (χ0n) is 17.4. The van der Waals surface area contributed by atoms with Crippen LogP contribution in [-0.2, 0) is 24.0 Å². The number of anilines is 1. The van der Waals surface area contributed by atoms with Gasteiger partial charge in [0.1, 0.15) is 35.0 Å². The summed E-state index contributed by atoms with van der Waals surface area (Å²) in [6.45, 7) is 3.52. The average molecular weight is 482 g/mol. The number of aromatic nitrogens is 1. The third kappa shape index (κ3) is 4.06. The van der Waals surface area contributed by atoms with E-state index >= 15 is 0 Å². The summed E-state index contributed by atoms with van der Waals surface area (Å²) >= 11 is 2.46. The summed E-state index contributed by atoms with van der Waals surface area (Å²) in [5, 5.41) is 17.5. The van der Waals surface area contributed by atoms with Gasteiger partial charge in [0, 0.05) is 23.0 Å². The highest BCUT2D eigenvalue weighted by Crippen LogP contribution is 2.50. The van der Waals surface area contributed by atoms with Crippen molar-refractivity contribution in [1.29, 1.82) is 0 Å². The molecule has 11 nitrogen and oxygen atoms in total. The van der Waals surface area contributed by atoms with Crippen molar-refractivity contribution in [2.75, 3.05) is 5.73 Å².